The van der Waals surface area contributed by atoms with Gasteiger partial charge in [-0.05, 0) is 55.4 Å². The van der Waals surface area contributed by atoms with Crippen LogP contribution in [0.5, 0.6) is 5.75 Å². The second-order valence-electron chi connectivity index (χ2n) is 7.17. The standard InChI is InChI=1S/C22H24F2N4O3S2/c1-13-9-16(19(23)24)26-21(25-13)33-12-15-10-14(5-6-18(15)31-3)11-17-20(29)28(22(32)27-17)7-4-8-30-2/h5-6,9-11,19H,4,7-8,12H2,1-3H3,(H,27,32)/b17-11+. The molecule has 0 saturated carbocycles. The first-order valence-corrected chi connectivity index (χ1v) is 11.5. The summed E-state index contributed by atoms with van der Waals surface area (Å²) in [5.41, 5.74) is 2.13. The van der Waals surface area contributed by atoms with Crippen molar-refractivity contribution < 1.29 is 23.0 Å². The molecule has 2 aromatic rings. The van der Waals surface area contributed by atoms with E-state index in [0.717, 1.165) is 11.1 Å². The highest BCUT2D eigenvalue weighted by Crippen LogP contribution is 2.29. The first-order valence-electron chi connectivity index (χ1n) is 10.1. The van der Waals surface area contributed by atoms with Gasteiger partial charge in [0.25, 0.3) is 12.3 Å². The van der Waals surface area contributed by atoms with E-state index in [0.29, 0.717) is 47.6 Å². The average Bonchev–Trinajstić information content (AvgIpc) is 3.05. The number of thiocarbonyl (C=S) groups is 1. The lowest BCUT2D eigenvalue weighted by Gasteiger charge is -2.13. The number of benzene rings is 1. The van der Waals surface area contributed by atoms with Crippen LogP contribution in [-0.2, 0) is 15.3 Å². The van der Waals surface area contributed by atoms with Gasteiger partial charge in [-0.15, -0.1) is 0 Å². The molecular weight excluding hydrogens is 470 g/mol. The van der Waals surface area contributed by atoms with Gasteiger partial charge < -0.3 is 14.8 Å². The Balaban J connectivity index is 1.77. The van der Waals surface area contributed by atoms with Crippen LogP contribution in [0.4, 0.5) is 8.78 Å². The van der Waals surface area contributed by atoms with Crippen LogP contribution in [0.25, 0.3) is 6.08 Å². The fourth-order valence-corrected chi connectivity index (χ4v) is 4.37. The summed E-state index contributed by atoms with van der Waals surface area (Å²) in [6, 6.07) is 6.76. The summed E-state index contributed by atoms with van der Waals surface area (Å²) in [4.78, 5) is 22.4. The molecule has 0 bridgehead atoms. The maximum absolute atomic E-state index is 13.1. The van der Waals surface area contributed by atoms with Crippen molar-refractivity contribution in [3.8, 4) is 5.75 Å². The van der Waals surface area contributed by atoms with E-state index in [1.807, 2.05) is 12.1 Å². The summed E-state index contributed by atoms with van der Waals surface area (Å²) in [6.45, 7) is 2.66. The lowest BCUT2D eigenvalue weighted by Crippen LogP contribution is -2.32. The van der Waals surface area contributed by atoms with Gasteiger partial charge in [-0.1, -0.05) is 17.8 Å². The van der Waals surface area contributed by atoms with Crippen molar-refractivity contribution >= 4 is 41.1 Å². The van der Waals surface area contributed by atoms with Gasteiger partial charge in [-0.2, -0.15) is 0 Å². The van der Waals surface area contributed by atoms with Gasteiger partial charge in [0.2, 0.25) is 0 Å². The molecule has 33 heavy (non-hydrogen) atoms. The van der Waals surface area contributed by atoms with Crippen LogP contribution in [0.3, 0.4) is 0 Å². The topological polar surface area (TPSA) is 76.6 Å². The van der Waals surface area contributed by atoms with Crippen molar-refractivity contribution in [1.29, 1.82) is 0 Å². The number of ether oxygens (including phenoxy) is 2. The first-order chi connectivity index (χ1) is 15.8. The van der Waals surface area contributed by atoms with Crippen molar-refractivity contribution in [3.05, 3.63) is 52.5 Å². The second kappa shape index (κ2) is 11.5. The number of methoxy groups -OCH3 is 2. The highest BCUT2D eigenvalue weighted by atomic mass is 32.2. The van der Waals surface area contributed by atoms with Crippen LogP contribution in [0, 0.1) is 6.92 Å². The lowest BCUT2D eigenvalue weighted by molar-refractivity contribution is -0.122. The van der Waals surface area contributed by atoms with Gasteiger partial charge in [-0.25, -0.2) is 18.7 Å². The molecule has 2 heterocycles. The van der Waals surface area contributed by atoms with E-state index in [2.05, 4.69) is 15.3 Å². The Morgan fingerprint density at radius 1 is 1.27 bits per heavy atom. The molecule has 0 unspecified atom stereocenters. The molecule has 1 amide bonds. The number of aryl methyl sites for hydroxylation is 1. The normalized spacial score (nSPS) is 15.0. The van der Waals surface area contributed by atoms with E-state index >= 15 is 0 Å². The summed E-state index contributed by atoms with van der Waals surface area (Å²) in [5.74, 6) is 0.833. The maximum atomic E-state index is 13.1. The molecule has 1 aliphatic rings. The maximum Gasteiger partial charge on any atom is 0.280 e. The molecule has 11 heteroatoms. The zero-order valence-corrected chi connectivity index (χ0v) is 20.1. The average molecular weight is 495 g/mol. The van der Waals surface area contributed by atoms with Crippen LogP contribution in [-0.4, -0.2) is 53.3 Å². The van der Waals surface area contributed by atoms with Crippen molar-refractivity contribution in [2.24, 2.45) is 0 Å². The summed E-state index contributed by atoms with van der Waals surface area (Å²) in [6.07, 6.45) is -0.265. The first kappa shape index (κ1) is 25.0. The molecule has 0 aliphatic carbocycles. The molecule has 1 aromatic carbocycles. The predicted molar refractivity (Wildman–Crippen MR) is 126 cm³/mol. The van der Waals surface area contributed by atoms with E-state index in [1.165, 1.54) is 22.7 Å². The van der Waals surface area contributed by atoms with Gasteiger partial charge in [0.1, 0.15) is 17.1 Å². The lowest BCUT2D eigenvalue weighted by atomic mass is 10.1. The highest BCUT2D eigenvalue weighted by Gasteiger charge is 2.30. The fourth-order valence-electron chi connectivity index (χ4n) is 3.19. The molecular formula is C22H24F2N4O3S2. The number of halogens is 2. The number of rotatable bonds is 10. The van der Waals surface area contributed by atoms with Crippen LogP contribution in [0.15, 0.2) is 35.1 Å². The van der Waals surface area contributed by atoms with Gasteiger partial charge in [0, 0.05) is 37.3 Å². The SMILES string of the molecule is COCCCN1C(=O)/C(=C\c2ccc(OC)c(CSc3nc(C)cc(C(F)F)n3)c2)NC1=S. The van der Waals surface area contributed by atoms with Crippen molar-refractivity contribution in [2.45, 2.75) is 30.7 Å². The Bertz CT molecular complexity index is 1070. The van der Waals surface area contributed by atoms with Crippen LogP contribution >= 0.6 is 24.0 Å². The Hall–Kier alpha value is -2.63. The van der Waals surface area contributed by atoms with Crippen molar-refractivity contribution in [3.63, 3.8) is 0 Å². The number of hydrogen-bond donors (Lipinski definition) is 1. The number of hydrogen-bond acceptors (Lipinski definition) is 7. The third-order valence-corrected chi connectivity index (χ3v) is 5.96. The smallest absolute Gasteiger partial charge is 0.280 e. The molecule has 1 saturated heterocycles. The number of thioether (sulfide) groups is 1. The highest BCUT2D eigenvalue weighted by molar-refractivity contribution is 7.98. The van der Waals surface area contributed by atoms with E-state index < -0.39 is 6.43 Å². The van der Waals surface area contributed by atoms with Crippen LogP contribution in [0.1, 0.15) is 35.4 Å². The van der Waals surface area contributed by atoms with Gasteiger partial charge in [0.15, 0.2) is 10.3 Å². The Morgan fingerprint density at radius 2 is 2.06 bits per heavy atom. The third kappa shape index (κ3) is 6.46. The summed E-state index contributed by atoms with van der Waals surface area (Å²) < 4.78 is 36.6. The molecule has 176 valence electrons. The molecule has 0 spiro atoms. The number of amides is 1. The van der Waals surface area contributed by atoms with Gasteiger partial charge in [-0.3, -0.25) is 9.69 Å². The molecule has 1 aromatic heterocycles. The number of nitrogens with zero attached hydrogens (tertiary/aromatic N) is 3. The summed E-state index contributed by atoms with van der Waals surface area (Å²) in [7, 11) is 3.16. The van der Waals surface area contributed by atoms with Gasteiger partial charge >= 0.3 is 0 Å². The van der Waals surface area contributed by atoms with E-state index in [-0.39, 0.29) is 16.8 Å². The fraction of sp³-hybridized carbons (Fsp3) is 0.364. The minimum absolute atomic E-state index is 0.199. The van der Waals surface area contributed by atoms with E-state index in [4.69, 9.17) is 21.7 Å². The van der Waals surface area contributed by atoms with Crippen molar-refractivity contribution in [2.75, 3.05) is 27.4 Å². The molecule has 1 aliphatic heterocycles. The second-order valence-corrected chi connectivity index (χ2v) is 8.50. The number of nitrogens with one attached hydrogen (secondary N) is 1. The molecule has 0 atom stereocenters. The molecule has 3 rings (SSSR count). The minimum atomic E-state index is -2.66. The Morgan fingerprint density at radius 3 is 2.76 bits per heavy atom. The van der Waals surface area contributed by atoms with Gasteiger partial charge in [0.05, 0.1) is 7.11 Å². The van der Waals surface area contributed by atoms with E-state index in [9.17, 15) is 13.6 Å². The van der Waals surface area contributed by atoms with Crippen molar-refractivity contribution in [1.82, 2.24) is 20.2 Å². The molecule has 1 N–H and O–H groups in total. The zero-order chi connectivity index (χ0) is 24.0. The molecule has 0 radical (unpaired) electrons. The number of carbonyl (C=O) groups excluding carboxylic acids is 1. The number of aromatic nitrogens is 2. The monoisotopic (exact) mass is 494 g/mol. The molecule has 1 fully saturated rings. The third-order valence-electron chi connectivity index (χ3n) is 4.74. The quantitative estimate of drug-likeness (QED) is 0.174. The minimum Gasteiger partial charge on any atom is -0.496 e. The summed E-state index contributed by atoms with van der Waals surface area (Å²) in [5, 5.41) is 3.58. The number of alkyl halides is 2. The Labute approximate surface area is 200 Å². The summed E-state index contributed by atoms with van der Waals surface area (Å²) >= 11 is 6.52. The number of carbonyl (C=O) groups is 1. The largest absolute Gasteiger partial charge is 0.496 e. The predicted octanol–water partition coefficient (Wildman–Crippen LogP) is 4.12. The Kier molecular flexibility index (Phi) is 8.70. The molecule has 7 nitrogen and oxygen atoms in total. The van der Waals surface area contributed by atoms with Crippen LogP contribution in [0.2, 0.25) is 0 Å². The zero-order valence-electron chi connectivity index (χ0n) is 18.4. The van der Waals surface area contributed by atoms with Crippen LogP contribution < -0.4 is 10.1 Å². The van der Waals surface area contributed by atoms with E-state index in [1.54, 1.807) is 33.3 Å².